The molecule has 3 aromatic carbocycles. The second-order valence-corrected chi connectivity index (χ2v) is 5.78. The predicted molar refractivity (Wildman–Crippen MR) is 95.4 cm³/mol. The summed E-state index contributed by atoms with van der Waals surface area (Å²) >= 11 is 0. The van der Waals surface area contributed by atoms with Crippen molar-refractivity contribution < 1.29 is 9.53 Å². The Morgan fingerprint density at radius 3 is 1.67 bits per heavy atom. The molecule has 1 aliphatic carbocycles. The van der Waals surface area contributed by atoms with E-state index in [9.17, 15) is 4.79 Å². The van der Waals surface area contributed by atoms with Gasteiger partial charge in [0.15, 0.2) is 0 Å². The minimum absolute atomic E-state index is 0.331. The highest BCUT2D eigenvalue weighted by atomic mass is 16.5. The first-order valence-electron chi connectivity index (χ1n) is 7.93. The number of fused-ring (bicyclic) bond motifs is 3. The summed E-state index contributed by atoms with van der Waals surface area (Å²) in [6, 6.07) is 25.5. The number of ether oxygens (including phenoxy) is 1. The molecule has 2 heteroatoms. The van der Waals surface area contributed by atoms with Crippen molar-refractivity contribution in [2.75, 3.05) is 0 Å². The lowest BCUT2D eigenvalue weighted by Gasteiger charge is -2.10. The molecule has 0 atom stereocenters. The van der Waals surface area contributed by atoms with Crippen molar-refractivity contribution in [1.29, 1.82) is 0 Å². The molecule has 3 aromatic rings. The monoisotopic (exact) mass is 312 g/mol. The molecule has 0 unspecified atom stereocenters. The Morgan fingerprint density at radius 2 is 1.12 bits per heavy atom. The third-order valence-electron chi connectivity index (χ3n) is 4.29. The molecule has 0 aliphatic heterocycles. The van der Waals surface area contributed by atoms with Crippen LogP contribution in [0, 0.1) is 0 Å². The Morgan fingerprint density at radius 1 is 0.667 bits per heavy atom. The van der Waals surface area contributed by atoms with Gasteiger partial charge in [-0.05, 0) is 41.3 Å². The highest BCUT2D eigenvalue weighted by Gasteiger charge is 2.25. The smallest absolute Gasteiger partial charge is 0.343 e. The molecule has 0 bridgehead atoms. The lowest BCUT2D eigenvalue weighted by molar-refractivity contribution is 0.0628. The Balaban J connectivity index is 1.80. The number of hydrogen-bond acceptors (Lipinski definition) is 2. The van der Waals surface area contributed by atoms with Crippen LogP contribution in [0.1, 0.15) is 28.4 Å². The van der Waals surface area contributed by atoms with E-state index >= 15 is 0 Å². The lowest BCUT2D eigenvalue weighted by atomic mass is 10.0. The summed E-state index contributed by atoms with van der Waals surface area (Å²) in [6.45, 7) is 1.86. The van der Waals surface area contributed by atoms with E-state index in [1.165, 1.54) is 11.1 Å². The molecule has 0 fully saturated rings. The Labute approximate surface area is 141 Å². The quantitative estimate of drug-likeness (QED) is 0.371. The minimum atomic E-state index is -0.331. The molecule has 0 spiro atoms. The molecule has 0 amide bonds. The Kier molecular flexibility index (Phi) is 3.51. The van der Waals surface area contributed by atoms with Gasteiger partial charge in [-0.2, -0.15) is 0 Å². The number of allylic oxidation sites excluding steroid dienone is 1. The molecule has 2 nitrogen and oxygen atoms in total. The van der Waals surface area contributed by atoms with Crippen LogP contribution in [0.2, 0.25) is 0 Å². The van der Waals surface area contributed by atoms with Crippen LogP contribution in [-0.4, -0.2) is 5.97 Å². The fourth-order valence-electron chi connectivity index (χ4n) is 3.22. The lowest BCUT2D eigenvalue weighted by Crippen LogP contribution is -2.05. The summed E-state index contributed by atoms with van der Waals surface area (Å²) in [5.41, 5.74) is 6.12. The van der Waals surface area contributed by atoms with Gasteiger partial charge in [-0.3, -0.25) is 0 Å². The fraction of sp³-hybridized carbons (Fsp3) is 0.0455. The van der Waals surface area contributed by atoms with Crippen LogP contribution in [0.5, 0.6) is 0 Å². The molecule has 24 heavy (non-hydrogen) atoms. The van der Waals surface area contributed by atoms with Crippen LogP contribution in [-0.2, 0) is 4.74 Å². The van der Waals surface area contributed by atoms with Crippen LogP contribution in [0.15, 0.2) is 84.6 Å². The first-order valence-corrected chi connectivity index (χ1v) is 7.93. The number of benzene rings is 3. The Hall–Kier alpha value is -3.13. The van der Waals surface area contributed by atoms with Crippen LogP contribution in [0.4, 0.5) is 0 Å². The first-order chi connectivity index (χ1) is 11.8. The zero-order valence-electron chi connectivity index (χ0n) is 13.3. The number of carbonyl (C=O) groups is 1. The third kappa shape index (κ3) is 2.33. The van der Waals surface area contributed by atoms with Crippen molar-refractivity contribution in [3.05, 3.63) is 101 Å². The number of rotatable bonds is 2. The molecule has 0 N–H and O–H groups in total. The maximum Gasteiger partial charge on any atom is 0.343 e. The number of carbonyl (C=O) groups excluding carboxylic acids is 1. The van der Waals surface area contributed by atoms with Crippen molar-refractivity contribution >= 4 is 11.5 Å². The topological polar surface area (TPSA) is 26.3 Å². The van der Waals surface area contributed by atoms with Crippen molar-refractivity contribution in [3.63, 3.8) is 0 Å². The van der Waals surface area contributed by atoms with Gasteiger partial charge >= 0.3 is 5.97 Å². The SMILES string of the molecule is CC(OC(=O)c1ccccc1)=C1c2ccccc2-c2ccccc21. The van der Waals surface area contributed by atoms with E-state index in [2.05, 4.69) is 24.3 Å². The first kappa shape index (κ1) is 14.5. The van der Waals surface area contributed by atoms with Crippen LogP contribution >= 0.6 is 0 Å². The van der Waals surface area contributed by atoms with E-state index in [-0.39, 0.29) is 5.97 Å². The highest BCUT2D eigenvalue weighted by Crippen LogP contribution is 2.45. The summed E-state index contributed by atoms with van der Waals surface area (Å²) < 4.78 is 5.67. The van der Waals surface area contributed by atoms with E-state index in [0.717, 1.165) is 16.7 Å². The average molecular weight is 312 g/mol. The van der Waals surface area contributed by atoms with Gasteiger partial charge in [0.2, 0.25) is 0 Å². The van der Waals surface area contributed by atoms with Gasteiger partial charge in [0.25, 0.3) is 0 Å². The highest BCUT2D eigenvalue weighted by molar-refractivity contribution is 6.02. The third-order valence-corrected chi connectivity index (χ3v) is 4.29. The summed E-state index contributed by atoms with van der Waals surface area (Å²) in [5, 5.41) is 0. The summed E-state index contributed by atoms with van der Waals surface area (Å²) in [6.07, 6.45) is 0. The van der Waals surface area contributed by atoms with E-state index in [1.807, 2.05) is 49.4 Å². The predicted octanol–water partition coefficient (Wildman–Crippen LogP) is 5.30. The van der Waals surface area contributed by atoms with Crippen molar-refractivity contribution in [2.45, 2.75) is 6.92 Å². The standard InChI is InChI=1S/C22H16O2/c1-15(24-22(23)16-9-3-2-4-10-16)21-19-13-7-5-11-17(19)18-12-6-8-14-20(18)21/h2-14H,1H3. The zero-order valence-corrected chi connectivity index (χ0v) is 13.3. The van der Waals surface area contributed by atoms with Gasteiger partial charge < -0.3 is 4.74 Å². The summed E-state index contributed by atoms with van der Waals surface area (Å²) in [7, 11) is 0. The average Bonchev–Trinajstić information content (AvgIpc) is 2.97. The molecule has 0 saturated carbocycles. The largest absolute Gasteiger partial charge is 0.427 e. The van der Waals surface area contributed by atoms with E-state index in [4.69, 9.17) is 4.74 Å². The van der Waals surface area contributed by atoms with Gasteiger partial charge in [0.1, 0.15) is 5.76 Å². The minimum Gasteiger partial charge on any atom is -0.427 e. The van der Waals surface area contributed by atoms with Gasteiger partial charge in [-0.15, -0.1) is 0 Å². The van der Waals surface area contributed by atoms with Gasteiger partial charge in [0, 0.05) is 5.57 Å². The summed E-state index contributed by atoms with van der Waals surface area (Å²) in [5.74, 6) is 0.295. The Bertz CT molecular complexity index is 905. The van der Waals surface area contributed by atoms with Gasteiger partial charge in [0.05, 0.1) is 5.56 Å². The molecular formula is C22H16O2. The second kappa shape index (κ2) is 5.82. The molecule has 1 aliphatic rings. The van der Waals surface area contributed by atoms with E-state index < -0.39 is 0 Å². The molecule has 116 valence electrons. The molecule has 4 rings (SSSR count). The van der Waals surface area contributed by atoms with Gasteiger partial charge in [-0.1, -0.05) is 66.7 Å². The molecule has 0 saturated heterocycles. The van der Waals surface area contributed by atoms with E-state index in [0.29, 0.717) is 11.3 Å². The van der Waals surface area contributed by atoms with E-state index in [1.54, 1.807) is 12.1 Å². The fourth-order valence-corrected chi connectivity index (χ4v) is 3.22. The van der Waals surface area contributed by atoms with Crippen molar-refractivity contribution in [1.82, 2.24) is 0 Å². The molecule has 0 heterocycles. The zero-order chi connectivity index (χ0) is 16.5. The molecular weight excluding hydrogens is 296 g/mol. The number of hydrogen-bond donors (Lipinski definition) is 0. The van der Waals surface area contributed by atoms with Crippen LogP contribution in [0.3, 0.4) is 0 Å². The van der Waals surface area contributed by atoms with Crippen LogP contribution < -0.4 is 0 Å². The van der Waals surface area contributed by atoms with Crippen molar-refractivity contribution in [2.24, 2.45) is 0 Å². The van der Waals surface area contributed by atoms with Crippen molar-refractivity contribution in [3.8, 4) is 11.1 Å². The van der Waals surface area contributed by atoms with Gasteiger partial charge in [-0.25, -0.2) is 4.79 Å². The normalized spacial score (nSPS) is 11.6. The molecule has 0 radical (unpaired) electrons. The number of esters is 1. The maximum absolute atomic E-state index is 12.4. The van der Waals surface area contributed by atoms with Crippen LogP contribution in [0.25, 0.3) is 16.7 Å². The maximum atomic E-state index is 12.4. The second-order valence-electron chi connectivity index (χ2n) is 5.78. The molecule has 0 aromatic heterocycles. The summed E-state index contributed by atoms with van der Waals surface area (Å²) in [4.78, 5) is 12.4.